The molecule has 0 radical (unpaired) electrons. The molecule has 0 spiro atoms. The Hall–Kier alpha value is -7.88. The number of hydrogen-bond acceptors (Lipinski definition) is 14. The number of carbonyl (C=O) groups excluding carboxylic acids is 7. The van der Waals surface area contributed by atoms with Crippen LogP contribution in [-0.4, -0.2) is 192 Å². The van der Waals surface area contributed by atoms with Crippen LogP contribution < -0.4 is 10.6 Å². The van der Waals surface area contributed by atoms with Crippen molar-refractivity contribution in [2.24, 2.45) is 23.7 Å². The number of hydrogen-bond donors (Lipinski definition) is 3. The molecule has 6 amide bonds. The maximum atomic E-state index is 14.7. The Bertz CT molecular complexity index is 3050. The molecule has 5 saturated heterocycles. The number of alkyl carbamates (subject to hydrolysis) is 2. The number of benzene rings is 4. The van der Waals surface area contributed by atoms with Crippen molar-refractivity contribution in [2.75, 3.05) is 78.9 Å². The van der Waals surface area contributed by atoms with Crippen molar-refractivity contribution in [3.05, 3.63) is 131 Å². The molecule has 5 heterocycles. The minimum atomic E-state index is -0.923. The van der Waals surface area contributed by atoms with Gasteiger partial charge in [-0.05, 0) is 204 Å². The van der Waals surface area contributed by atoms with Gasteiger partial charge in [0.1, 0.15) is 28.9 Å². The van der Waals surface area contributed by atoms with Crippen LogP contribution in [0.2, 0.25) is 0 Å². The smallest absolute Gasteiger partial charge is 0.408 e. The Morgan fingerprint density at radius 2 is 0.827 bits per heavy atom. The zero-order valence-corrected chi connectivity index (χ0v) is 59.1. The van der Waals surface area contributed by atoms with Gasteiger partial charge in [0.2, 0.25) is 11.8 Å². The van der Waals surface area contributed by atoms with Crippen molar-refractivity contribution >= 4 is 47.8 Å². The lowest BCUT2D eigenvalue weighted by Crippen LogP contribution is -2.56. The minimum Gasteiger partial charge on any atom is -0.481 e. The van der Waals surface area contributed by atoms with Crippen molar-refractivity contribution < 1.29 is 71.9 Å². The zero-order valence-electron chi connectivity index (χ0n) is 59.1. The van der Waals surface area contributed by atoms with E-state index in [0.717, 1.165) is 47.9 Å². The first kappa shape index (κ1) is 75.9. The van der Waals surface area contributed by atoms with E-state index in [1.807, 2.05) is 105 Å². The molecule has 5 aliphatic rings. The molecule has 21 heteroatoms. The first-order chi connectivity index (χ1) is 46.7. The van der Waals surface area contributed by atoms with Crippen LogP contribution in [0.3, 0.4) is 0 Å². The molecule has 98 heavy (non-hydrogen) atoms. The van der Waals surface area contributed by atoms with Crippen molar-refractivity contribution in [1.82, 2.24) is 30.2 Å². The molecule has 5 atom stereocenters. The summed E-state index contributed by atoms with van der Waals surface area (Å²) in [4.78, 5) is 115. The number of carbonyl (C=O) groups is 8. The number of rotatable bonds is 23. The maximum absolute atomic E-state index is 14.7. The van der Waals surface area contributed by atoms with E-state index < -0.39 is 58.9 Å². The van der Waals surface area contributed by atoms with E-state index in [4.69, 9.17) is 28.4 Å². The van der Waals surface area contributed by atoms with Gasteiger partial charge in [-0.2, -0.15) is 0 Å². The van der Waals surface area contributed by atoms with Crippen LogP contribution in [0.25, 0.3) is 11.1 Å². The number of amides is 6. The minimum absolute atomic E-state index is 0.00349. The van der Waals surface area contributed by atoms with Gasteiger partial charge >= 0.3 is 24.1 Å². The highest BCUT2D eigenvalue weighted by molar-refractivity contribution is 5.96. The second kappa shape index (κ2) is 35.8. The Labute approximate surface area is 579 Å². The molecular formula is C77H106N6O15. The quantitative estimate of drug-likeness (QED) is 0.0461. The Morgan fingerprint density at radius 3 is 1.16 bits per heavy atom. The Morgan fingerprint density at radius 1 is 0.480 bits per heavy atom. The molecule has 0 saturated carbocycles. The van der Waals surface area contributed by atoms with E-state index >= 15 is 0 Å². The van der Waals surface area contributed by atoms with Crippen LogP contribution in [0.15, 0.2) is 109 Å². The summed E-state index contributed by atoms with van der Waals surface area (Å²) >= 11 is 0. The van der Waals surface area contributed by atoms with Crippen LogP contribution in [0.5, 0.6) is 0 Å². The molecule has 0 aliphatic carbocycles. The molecule has 534 valence electrons. The number of nitrogens with zero attached hydrogens (tertiary/aromatic N) is 4. The molecule has 0 bridgehead atoms. The van der Waals surface area contributed by atoms with Crippen molar-refractivity contribution in [1.29, 1.82) is 0 Å². The van der Waals surface area contributed by atoms with Gasteiger partial charge in [0, 0.05) is 102 Å². The summed E-state index contributed by atoms with van der Waals surface area (Å²) in [5, 5.41) is 15.1. The van der Waals surface area contributed by atoms with Gasteiger partial charge < -0.3 is 63.8 Å². The van der Waals surface area contributed by atoms with Gasteiger partial charge in [-0.25, -0.2) is 9.59 Å². The summed E-state index contributed by atoms with van der Waals surface area (Å²) in [5.74, 6) is -2.84. The van der Waals surface area contributed by atoms with E-state index in [2.05, 4.69) is 34.9 Å². The van der Waals surface area contributed by atoms with Crippen LogP contribution in [0.4, 0.5) is 9.59 Å². The summed E-state index contributed by atoms with van der Waals surface area (Å²) < 4.78 is 32.9. The SMILES string of the molecule is CC(C)(C)OC(=O)C[C@H](C(=O)O)C1CCOCC1.CC(C)(C)OC(=O)N[C@H](C(=O)N1CCC[C@H]1CN(CCc1ccccc1)C(=O)c1ccc(-c2ccc(C(=O)N(CCc3ccccc3)C[C@@H]3CCCN3C(=O)[C@@H](NC(=O)OC(C)(C)C)C3CCOCC3)cc2)cc1)C1CCOCC1. The highest BCUT2D eigenvalue weighted by Gasteiger charge is 2.43. The molecule has 9 rings (SSSR count). The first-order valence-corrected chi connectivity index (χ1v) is 35.3. The monoisotopic (exact) mass is 1350 g/mol. The summed E-state index contributed by atoms with van der Waals surface area (Å²) in [6.45, 7) is 21.9. The third kappa shape index (κ3) is 23.4. The molecule has 21 nitrogen and oxygen atoms in total. The first-order valence-electron chi connectivity index (χ1n) is 35.3. The third-order valence-electron chi connectivity index (χ3n) is 18.7. The van der Waals surface area contributed by atoms with Crippen LogP contribution in [-0.2, 0) is 60.4 Å². The van der Waals surface area contributed by atoms with Gasteiger partial charge in [-0.1, -0.05) is 84.9 Å². The lowest BCUT2D eigenvalue weighted by atomic mass is 9.84. The average Bonchev–Trinajstić information content (AvgIpc) is 1.51. The molecule has 5 fully saturated rings. The van der Waals surface area contributed by atoms with Gasteiger partial charge in [-0.15, -0.1) is 0 Å². The number of esters is 1. The fraction of sp³-hybridized carbons (Fsp3) is 0.584. The average molecular weight is 1360 g/mol. The number of carboxylic acid groups (broad SMARTS) is 1. The second-order valence-electron chi connectivity index (χ2n) is 29.6. The van der Waals surface area contributed by atoms with E-state index in [1.165, 1.54) is 0 Å². The van der Waals surface area contributed by atoms with Crippen LogP contribution in [0, 0.1) is 23.7 Å². The second-order valence-corrected chi connectivity index (χ2v) is 29.6. The van der Waals surface area contributed by atoms with Crippen molar-refractivity contribution in [3.8, 4) is 11.1 Å². The summed E-state index contributed by atoms with van der Waals surface area (Å²) in [6.07, 6.45) is 6.90. The number of carboxylic acids is 1. The predicted octanol–water partition coefficient (Wildman–Crippen LogP) is 11.2. The maximum Gasteiger partial charge on any atom is 0.408 e. The molecular weight excluding hydrogens is 1250 g/mol. The topological polar surface area (TPSA) is 249 Å². The van der Waals surface area contributed by atoms with E-state index in [9.17, 15) is 43.5 Å². The van der Waals surface area contributed by atoms with Gasteiger partial charge in [-0.3, -0.25) is 28.8 Å². The summed E-state index contributed by atoms with van der Waals surface area (Å²) in [6, 6.07) is 33.1. The standard InChI is InChI=1S/C64H84N6O10.C13H22O5/c1-63(2,3)79-61(75)65-55(49-31-39-77-40-32-49)59(73)69-35-13-19-53(69)43-67(37-29-45-15-9-7-10-16-45)57(71)51-25-21-47(22-26-51)48-23-27-52(28-24-48)58(72)68(38-30-46-17-11-8-12-18-46)44-54-20-14-36-70(54)60(74)56(50-33-41-78-42-34-50)66-62(76)80-64(4,5)6;1-13(2,3)18-11(14)8-10(12(15)16)9-4-6-17-7-5-9/h7-12,15-18,21-28,49-50,53-56H,13-14,19-20,29-44H2,1-6H3,(H,65,75)(H,66,76);9-10H,4-8H2,1-3H3,(H,15,16)/t53-,54-,55-,56-;10-/m00/s1. The third-order valence-corrected chi connectivity index (χ3v) is 18.7. The largest absolute Gasteiger partial charge is 0.481 e. The fourth-order valence-electron chi connectivity index (χ4n) is 13.7. The van der Waals surface area contributed by atoms with Crippen molar-refractivity contribution in [3.63, 3.8) is 0 Å². The number of aliphatic carboxylic acids is 1. The van der Waals surface area contributed by atoms with Gasteiger partial charge in [0.25, 0.3) is 11.8 Å². The Balaban J connectivity index is 0.000000590. The lowest BCUT2D eigenvalue weighted by Gasteiger charge is -2.36. The van der Waals surface area contributed by atoms with Crippen LogP contribution in [0.1, 0.15) is 165 Å². The van der Waals surface area contributed by atoms with Crippen molar-refractivity contribution in [2.45, 2.75) is 187 Å². The normalized spacial score (nSPS) is 19.0. The van der Waals surface area contributed by atoms with Gasteiger partial charge in [0.15, 0.2) is 0 Å². The molecule has 4 aromatic rings. The zero-order chi connectivity index (χ0) is 70.6. The molecule has 0 unspecified atom stereocenters. The molecule has 3 N–H and O–H groups in total. The molecule has 0 aromatic heterocycles. The van der Waals surface area contributed by atoms with E-state index in [-0.39, 0.29) is 59.9 Å². The Kier molecular flexibility index (Phi) is 27.7. The lowest BCUT2D eigenvalue weighted by molar-refractivity contribution is -0.162. The van der Waals surface area contributed by atoms with E-state index in [1.54, 1.807) is 62.3 Å². The predicted molar refractivity (Wildman–Crippen MR) is 372 cm³/mol. The highest BCUT2D eigenvalue weighted by atomic mass is 16.6. The number of likely N-dealkylation sites (tertiary alicyclic amines) is 2. The molecule has 4 aromatic carbocycles. The highest BCUT2D eigenvalue weighted by Crippen LogP contribution is 2.32. The fourth-order valence-corrected chi connectivity index (χ4v) is 13.7. The summed E-state index contributed by atoms with van der Waals surface area (Å²) in [7, 11) is 0. The van der Waals surface area contributed by atoms with Crippen LogP contribution >= 0.6 is 0 Å². The summed E-state index contributed by atoms with van der Waals surface area (Å²) in [5.41, 5.74) is 2.95. The number of ether oxygens (including phenoxy) is 6. The number of nitrogens with one attached hydrogen (secondary N) is 2. The molecule has 5 aliphatic heterocycles. The van der Waals surface area contributed by atoms with Gasteiger partial charge in [0.05, 0.1) is 12.3 Å². The van der Waals surface area contributed by atoms with E-state index in [0.29, 0.717) is 141 Å².